The van der Waals surface area contributed by atoms with E-state index in [9.17, 15) is 9.90 Å². The Labute approximate surface area is 107 Å². The highest BCUT2D eigenvalue weighted by molar-refractivity contribution is 5.47. The van der Waals surface area contributed by atoms with Crippen LogP contribution in [-0.2, 0) is 6.61 Å². The summed E-state index contributed by atoms with van der Waals surface area (Å²) in [4.78, 5) is 14.0. The summed E-state index contributed by atoms with van der Waals surface area (Å²) in [7, 11) is 0. The Kier molecular flexibility index (Phi) is 2.68. The number of nitrogens with one attached hydrogen (secondary N) is 1. The van der Waals surface area contributed by atoms with Gasteiger partial charge in [-0.05, 0) is 12.1 Å². The number of nitrogens with zero attached hydrogens (tertiary/aromatic N) is 2. The second-order valence-electron chi connectivity index (χ2n) is 4.02. The lowest BCUT2D eigenvalue weighted by Gasteiger charge is -2.04. The largest absolute Gasteiger partial charge is 0.493 e. The van der Waals surface area contributed by atoms with Gasteiger partial charge in [0.2, 0.25) is 5.88 Å². The van der Waals surface area contributed by atoms with Crippen LogP contribution in [0.1, 0.15) is 5.56 Å². The highest BCUT2D eigenvalue weighted by Crippen LogP contribution is 2.15. The van der Waals surface area contributed by atoms with Gasteiger partial charge in [0.15, 0.2) is 0 Å². The lowest BCUT2D eigenvalue weighted by Crippen LogP contribution is -2.08. The number of fused-ring (bicyclic) bond motifs is 1. The second kappa shape index (κ2) is 4.49. The molecule has 0 saturated heterocycles. The minimum Gasteiger partial charge on any atom is -0.493 e. The first kappa shape index (κ1) is 11.3. The van der Waals surface area contributed by atoms with E-state index < -0.39 is 0 Å². The van der Waals surface area contributed by atoms with Crippen LogP contribution in [0.25, 0.3) is 5.65 Å². The van der Waals surface area contributed by atoms with E-state index in [2.05, 4.69) is 10.1 Å². The van der Waals surface area contributed by atoms with Gasteiger partial charge in [-0.1, -0.05) is 18.2 Å². The number of benzene rings is 1. The minimum atomic E-state index is -0.383. The van der Waals surface area contributed by atoms with Crippen LogP contribution in [0.15, 0.2) is 47.4 Å². The molecule has 0 fully saturated rings. The summed E-state index contributed by atoms with van der Waals surface area (Å²) in [6, 6.07) is 10.4. The number of para-hydroxylation sites is 1. The van der Waals surface area contributed by atoms with Gasteiger partial charge in [0.25, 0.3) is 5.56 Å². The zero-order valence-corrected chi connectivity index (χ0v) is 9.91. The predicted octanol–water partition coefficient (Wildman–Crippen LogP) is 1.31. The van der Waals surface area contributed by atoms with Crippen molar-refractivity contribution in [1.29, 1.82) is 0 Å². The molecular formula is C13H11N3O3. The van der Waals surface area contributed by atoms with Gasteiger partial charge in [-0.15, -0.1) is 0 Å². The van der Waals surface area contributed by atoms with Gasteiger partial charge in [0.05, 0.1) is 17.8 Å². The van der Waals surface area contributed by atoms with Crippen LogP contribution in [0.4, 0.5) is 0 Å². The third kappa shape index (κ3) is 2.15. The minimum absolute atomic E-state index is 0.204. The second-order valence-corrected chi connectivity index (χ2v) is 4.02. The summed E-state index contributed by atoms with van der Waals surface area (Å²) in [6.07, 6.45) is 1.55. The Bertz CT molecular complexity index is 762. The smallest absolute Gasteiger partial charge is 0.254 e. The standard InChI is InChI=1S/C13H11N3O3/c17-11-6-12(18)16-13(15-11)9(7-14-16)8-19-10-4-2-1-3-5-10/h1-7,18H,8H2,(H,15,17). The van der Waals surface area contributed by atoms with Crippen LogP contribution in [0, 0.1) is 0 Å². The lowest BCUT2D eigenvalue weighted by molar-refractivity contribution is 0.307. The number of H-pyrrole nitrogens is 1. The van der Waals surface area contributed by atoms with Crippen molar-refractivity contribution in [2.45, 2.75) is 6.61 Å². The maximum Gasteiger partial charge on any atom is 0.254 e. The number of aromatic nitrogens is 3. The van der Waals surface area contributed by atoms with Crippen LogP contribution < -0.4 is 10.3 Å². The van der Waals surface area contributed by atoms with E-state index in [4.69, 9.17) is 4.74 Å². The fourth-order valence-electron chi connectivity index (χ4n) is 1.80. The molecular weight excluding hydrogens is 246 g/mol. The molecule has 2 N–H and O–H groups in total. The van der Waals surface area contributed by atoms with E-state index in [-0.39, 0.29) is 18.0 Å². The third-order valence-corrected chi connectivity index (χ3v) is 2.70. The molecule has 3 aromatic rings. The van der Waals surface area contributed by atoms with Crippen molar-refractivity contribution >= 4 is 5.65 Å². The van der Waals surface area contributed by atoms with Crippen molar-refractivity contribution < 1.29 is 9.84 Å². The number of ether oxygens (including phenoxy) is 1. The van der Waals surface area contributed by atoms with Crippen molar-refractivity contribution in [3.05, 3.63) is 58.5 Å². The van der Waals surface area contributed by atoms with Crippen LogP contribution in [-0.4, -0.2) is 19.7 Å². The highest BCUT2D eigenvalue weighted by Gasteiger charge is 2.09. The molecule has 19 heavy (non-hydrogen) atoms. The van der Waals surface area contributed by atoms with Crippen LogP contribution in [0.3, 0.4) is 0 Å². The van der Waals surface area contributed by atoms with E-state index >= 15 is 0 Å². The van der Waals surface area contributed by atoms with E-state index in [0.717, 1.165) is 11.8 Å². The summed E-state index contributed by atoms with van der Waals surface area (Å²) in [5.41, 5.74) is 0.740. The molecule has 0 spiro atoms. The first-order chi connectivity index (χ1) is 9.24. The van der Waals surface area contributed by atoms with Gasteiger partial charge in [-0.25, -0.2) is 0 Å². The Morgan fingerprint density at radius 3 is 2.89 bits per heavy atom. The monoisotopic (exact) mass is 257 g/mol. The fourth-order valence-corrected chi connectivity index (χ4v) is 1.80. The Balaban J connectivity index is 1.92. The van der Waals surface area contributed by atoms with Gasteiger partial charge in [-0.3, -0.25) is 4.79 Å². The molecule has 0 amide bonds. The van der Waals surface area contributed by atoms with Crippen LogP contribution >= 0.6 is 0 Å². The molecule has 6 heteroatoms. The summed E-state index contributed by atoms with van der Waals surface area (Å²) < 4.78 is 6.84. The molecule has 3 rings (SSSR count). The molecule has 2 aromatic heterocycles. The zero-order chi connectivity index (χ0) is 13.2. The SMILES string of the molecule is O=c1cc(O)n2ncc(COc3ccccc3)c2[nH]1. The lowest BCUT2D eigenvalue weighted by atomic mass is 10.3. The van der Waals surface area contributed by atoms with Gasteiger partial charge in [-0.2, -0.15) is 9.61 Å². The molecule has 0 atom stereocenters. The normalized spacial score (nSPS) is 10.7. The van der Waals surface area contributed by atoms with E-state index in [1.165, 1.54) is 4.52 Å². The van der Waals surface area contributed by atoms with E-state index in [1.807, 2.05) is 30.3 Å². The molecule has 1 aromatic carbocycles. The zero-order valence-electron chi connectivity index (χ0n) is 9.91. The summed E-state index contributed by atoms with van der Waals surface area (Å²) in [6.45, 7) is 0.257. The van der Waals surface area contributed by atoms with Gasteiger partial charge >= 0.3 is 0 Å². The fraction of sp³-hybridized carbons (Fsp3) is 0.0769. The molecule has 6 nitrogen and oxygen atoms in total. The number of rotatable bonds is 3. The van der Waals surface area contributed by atoms with Crippen molar-refractivity contribution in [2.75, 3.05) is 0 Å². The summed E-state index contributed by atoms with van der Waals surface area (Å²) in [5, 5.41) is 13.6. The van der Waals surface area contributed by atoms with Crippen LogP contribution in [0.2, 0.25) is 0 Å². The molecule has 96 valence electrons. The molecule has 0 aliphatic carbocycles. The van der Waals surface area contributed by atoms with Crippen LogP contribution in [0.5, 0.6) is 11.6 Å². The highest BCUT2D eigenvalue weighted by atomic mass is 16.5. The number of hydrogen-bond acceptors (Lipinski definition) is 4. The first-order valence-electron chi connectivity index (χ1n) is 5.71. The molecule has 0 aliphatic rings. The molecule has 0 radical (unpaired) electrons. The number of aromatic amines is 1. The molecule has 0 bridgehead atoms. The van der Waals surface area contributed by atoms with E-state index in [0.29, 0.717) is 11.2 Å². The van der Waals surface area contributed by atoms with Gasteiger partial charge < -0.3 is 14.8 Å². The Morgan fingerprint density at radius 1 is 1.32 bits per heavy atom. The topological polar surface area (TPSA) is 79.6 Å². The van der Waals surface area contributed by atoms with Crippen molar-refractivity contribution in [3.63, 3.8) is 0 Å². The van der Waals surface area contributed by atoms with Gasteiger partial charge in [0, 0.05) is 0 Å². The average Bonchev–Trinajstić information content (AvgIpc) is 2.81. The first-order valence-corrected chi connectivity index (χ1v) is 5.71. The molecule has 0 unspecified atom stereocenters. The maximum atomic E-state index is 11.3. The molecule has 2 heterocycles. The van der Waals surface area contributed by atoms with E-state index in [1.54, 1.807) is 6.20 Å². The average molecular weight is 257 g/mol. The molecule has 0 saturated carbocycles. The predicted molar refractivity (Wildman–Crippen MR) is 68.3 cm³/mol. The van der Waals surface area contributed by atoms with Crippen molar-refractivity contribution in [1.82, 2.24) is 14.6 Å². The Morgan fingerprint density at radius 2 is 2.11 bits per heavy atom. The number of hydrogen-bond donors (Lipinski definition) is 2. The molecule has 0 aliphatic heterocycles. The third-order valence-electron chi connectivity index (χ3n) is 2.70. The summed E-state index contributed by atoms with van der Waals surface area (Å²) in [5.74, 6) is 0.522. The van der Waals surface area contributed by atoms with Crippen molar-refractivity contribution in [3.8, 4) is 11.6 Å². The van der Waals surface area contributed by atoms with Gasteiger partial charge in [0.1, 0.15) is 18.0 Å². The quantitative estimate of drug-likeness (QED) is 0.741. The number of aromatic hydroxyl groups is 1. The summed E-state index contributed by atoms with van der Waals surface area (Å²) >= 11 is 0. The maximum absolute atomic E-state index is 11.3. The van der Waals surface area contributed by atoms with Crippen molar-refractivity contribution in [2.24, 2.45) is 0 Å². The Hall–Kier alpha value is -2.76.